The van der Waals surface area contributed by atoms with Gasteiger partial charge in [0.1, 0.15) is 11.8 Å². The number of hydrogen-bond donors (Lipinski definition) is 1. The maximum absolute atomic E-state index is 13.9. The lowest BCUT2D eigenvalue weighted by atomic mass is 9.87. The van der Waals surface area contributed by atoms with E-state index in [4.69, 9.17) is 0 Å². The highest BCUT2D eigenvalue weighted by atomic mass is 32.2. The van der Waals surface area contributed by atoms with Crippen LogP contribution < -0.4 is 15.1 Å². The summed E-state index contributed by atoms with van der Waals surface area (Å²) in [5.74, 6) is -3.74. The fraction of sp³-hybridized carbons (Fsp3) is 0.214. The van der Waals surface area contributed by atoms with E-state index in [0.717, 1.165) is 40.8 Å². The van der Waals surface area contributed by atoms with Crippen molar-refractivity contribution in [2.24, 2.45) is 5.92 Å². The Balaban J connectivity index is 1.41. The molecule has 4 aromatic rings. The molecule has 2 unspecified atom stereocenters. The highest BCUT2D eigenvalue weighted by Crippen LogP contribution is 2.55. The molecule has 1 saturated heterocycles. The van der Waals surface area contributed by atoms with Crippen molar-refractivity contribution in [1.82, 2.24) is 4.57 Å². The Kier molecular flexibility index (Phi) is 6.91. The zero-order valence-electron chi connectivity index (χ0n) is 21.2. The van der Waals surface area contributed by atoms with Crippen LogP contribution >= 0.6 is 34.4 Å². The number of aryl methyl sites for hydroxylation is 1. The number of anilines is 2. The van der Waals surface area contributed by atoms with Gasteiger partial charge in [0, 0.05) is 21.4 Å². The van der Waals surface area contributed by atoms with Crippen molar-refractivity contribution in [3.8, 4) is 0 Å². The van der Waals surface area contributed by atoms with Crippen LogP contribution in [0.2, 0.25) is 0 Å². The summed E-state index contributed by atoms with van der Waals surface area (Å²) in [7, 11) is 0. The summed E-state index contributed by atoms with van der Waals surface area (Å²) in [5.41, 5.74) is -0.176. The lowest BCUT2D eigenvalue weighted by Gasteiger charge is -2.29. The van der Waals surface area contributed by atoms with Crippen molar-refractivity contribution < 1.29 is 27.6 Å². The number of benzene rings is 2. The molecule has 0 bridgehead atoms. The number of nitrogens with one attached hydrogen (secondary N) is 1. The number of thiazole rings is 1. The monoisotopic (exact) mass is 615 g/mol. The molecule has 2 aliphatic rings. The number of carbonyl (C=O) groups is 3. The van der Waals surface area contributed by atoms with E-state index in [0.29, 0.717) is 25.4 Å². The Hall–Kier alpha value is -3.68. The Morgan fingerprint density at radius 3 is 2.41 bits per heavy atom. The predicted octanol–water partition coefficient (Wildman–Crippen LogP) is 5.73. The number of hydrogen-bond acceptors (Lipinski definition) is 7. The van der Waals surface area contributed by atoms with Crippen molar-refractivity contribution >= 4 is 63.5 Å². The molecule has 41 heavy (non-hydrogen) atoms. The molecule has 2 aliphatic heterocycles. The SMILES string of the molecule is Cc1ccccc1NC(=O)Cn1c2c(sc1=O)[C@H](c1cccs1)C1C(=O)N(c3ccccc3C(F)(F)F)C(=O)C1S2. The number of aromatic nitrogens is 1. The van der Waals surface area contributed by atoms with Gasteiger partial charge in [0.2, 0.25) is 17.7 Å². The van der Waals surface area contributed by atoms with E-state index in [9.17, 15) is 32.3 Å². The minimum absolute atomic E-state index is 0.330. The summed E-state index contributed by atoms with van der Waals surface area (Å²) < 4.78 is 42.9. The molecule has 1 fully saturated rings. The van der Waals surface area contributed by atoms with Gasteiger partial charge in [0.05, 0.1) is 22.2 Å². The number of alkyl halides is 3. The van der Waals surface area contributed by atoms with Crippen LogP contribution in [0.25, 0.3) is 0 Å². The number of fused-ring (bicyclic) bond motifs is 2. The third-order valence-electron chi connectivity index (χ3n) is 7.07. The van der Waals surface area contributed by atoms with Crippen LogP contribution in [0.3, 0.4) is 0 Å². The summed E-state index contributed by atoms with van der Waals surface area (Å²) in [6.07, 6.45) is -4.78. The molecule has 3 atom stereocenters. The zero-order valence-corrected chi connectivity index (χ0v) is 23.6. The smallest absolute Gasteiger partial charge is 0.324 e. The standard InChI is InChI=1S/C28H20F3N3O4S3/c1-14-7-2-4-9-16(14)32-19(35)13-33-26-23(41-27(33)38)20(18-11-6-12-39-18)21-22(40-26)25(37)34(24(21)36)17-10-5-3-8-15(17)28(29,30)31/h2-12,20-22H,13H2,1H3,(H,32,35)/t20-,21?,22?/m1/s1. The molecule has 4 heterocycles. The third kappa shape index (κ3) is 4.71. The second-order valence-corrected chi connectivity index (χ2v) is 12.7. The third-order valence-corrected chi connectivity index (χ3v) is 10.6. The summed E-state index contributed by atoms with van der Waals surface area (Å²) >= 11 is 3.17. The van der Waals surface area contributed by atoms with E-state index in [1.54, 1.807) is 29.6 Å². The number of para-hydroxylation sites is 2. The summed E-state index contributed by atoms with van der Waals surface area (Å²) in [4.78, 5) is 55.2. The van der Waals surface area contributed by atoms with E-state index in [1.807, 2.05) is 19.1 Å². The molecule has 2 aromatic carbocycles. The van der Waals surface area contributed by atoms with Gasteiger partial charge in [-0.2, -0.15) is 13.2 Å². The number of amides is 3. The van der Waals surface area contributed by atoms with Crippen LogP contribution in [0.15, 0.2) is 75.9 Å². The quantitative estimate of drug-likeness (QED) is 0.290. The van der Waals surface area contributed by atoms with Crippen molar-refractivity contribution in [2.75, 3.05) is 10.2 Å². The van der Waals surface area contributed by atoms with Crippen LogP contribution in [-0.2, 0) is 27.1 Å². The summed E-state index contributed by atoms with van der Waals surface area (Å²) in [6.45, 7) is 1.50. The van der Waals surface area contributed by atoms with Gasteiger partial charge in [0.15, 0.2) is 0 Å². The number of rotatable bonds is 5. The van der Waals surface area contributed by atoms with E-state index in [-0.39, 0.29) is 6.54 Å². The van der Waals surface area contributed by atoms with Gasteiger partial charge in [-0.1, -0.05) is 59.5 Å². The van der Waals surface area contributed by atoms with E-state index < -0.39 is 57.1 Å². The van der Waals surface area contributed by atoms with Gasteiger partial charge in [-0.05, 0) is 42.1 Å². The molecule has 1 N–H and O–H groups in total. The van der Waals surface area contributed by atoms with Crippen molar-refractivity contribution in [3.63, 3.8) is 0 Å². The Bertz CT molecular complexity index is 1750. The highest BCUT2D eigenvalue weighted by molar-refractivity contribution is 8.00. The molecule has 0 spiro atoms. The predicted molar refractivity (Wildman–Crippen MR) is 152 cm³/mol. The second kappa shape index (κ2) is 10.3. The number of carbonyl (C=O) groups excluding carboxylic acids is 3. The first kappa shape index (κ1) is 27.5. The van der Waals surface area contributed by atoms with Gasteiger partial charge < -0.3 is 5.32 Å². The van der Waals surface area contributed by atoms with Crippen LogP contribution in [-0.4, -0.2) is 27.5 Å². The largest absolute Gasteiger partial charge is 0.418 e. The lowest BCUT2D eigenvalue weighted by Crippen LogP contribution is -2.33. The number of halogens is 3. The minimum Gasteiger partial charge on any atom is -0.324 e. The molecule has 2 aromatic heterocycles. The average molecular weight is 616 g/mol. The van der Waals surface area contributed by atoms with Crippen molar-refractivity contribution in [3.05, 3.63) is 96.6 Å². The Labute approximate surface area is 243 Å². The molecule has 0 aliphatic carbocycles. The number of nitrogens with zero attached hydrogens (tertiary/aromatic N) is 2. The van der Waals surface area contributed by atoms with Gasteiger partial charge >= 0.3 is 11.0 Å². The molecular formula is C28H20F3N3O4S3. The van der Waals surface area contributed by atoms with E-state index in [2.05, 4.69) is 5.32 Å². The molecule has 3 amide bonds. The first-order chi connectivity index (χ1) is 19.6. The van der Waals surface area contributed by atoms with E-state index >= 15 is 0 Å². The summed E-state index contributed by atoms with van der Waals surface area (Å²) in [5, 5.41) is 3.87. The highest BCUT2D eigenvalue weighted by Gasteiger charge is 2.58. The van der Waals surface area contributed by atoms with Crippen LogP contribution in [0.1, 0.15) is 26.8 Å². The van der Waals surface area contributed by atoms with Crippen LogP contribution in [0.5, 0.6) is 0 Å². The topological polar surface area (TPSA) is 88.5 Å². The molecule has 6 rings (SSSR count). The molecule has 13 heteroatoms. The van der Waals surface area contributed by atoms with Gasteiger partial charge in [-0.25, -0.2) is 4.90 Å². The molecule has 0 radical (unpaired) electrons. The Morgan fingerprint density at radius 1 is 0.976 bits per heavy atom. The van der Waals surface area contributed by atoms with E-state index in [1.165, 1.54) is 28.0 Å². The first-order valence-electron chi connectivity index (χ1n) is 12.4. The number of thioether (sulfide) groups is 1. The first-order valence-corrected chi connectivity index (χ1v) is 15.0. The summed E-state index contributed by atoms with van der Waals surface area (Å²) in [6, 6.07) is 15.2. The molecule has 0 saturated carbocycles. The lowest BCUT2D eigenvalue weighted by molar-refractivity contribution is -0.137. The van der Waals surface area contributed by atoms with Crippen molar-refractivity contribution in [2.45, 2.75) is 35.8 Å². The fourth-order valence-corrected chi connectivity index (χ4v) is 8.94. The minimum atomic E-state index is -4.78. The number of thiophene rings is 1. The number of imide groups is 1. The Morgan fingerprint density at radius 2 is 1.71 bits per heavy atom. The molecular weight excluding hydrogens is 596 g/mol. The fourth-order valence-electron chi connectivity index (χ4n) is 5.22. The van der Waals surface area contributed by atoms with Gasteiger partial charge in [-0.15, -0.1) is 11.3 Å². The van der Waals surface area contributed by atoms with Crippen LogP contribution in [0.4, 0.5) is 24.5 Å². The molecule has 210 valence electrons. The normalized spacial score (nSPS) is 20.2. The molecule has 7 nitrogen and oxygen atoms in total. The maximum Gasteiger partial charge on any atom is 0.418 e. The van der Waals surface area contributed by atoms with Crippen molar-refractivity contribution in [1.29, 1.82) is 0 Å². The second-order valence-electron chi connectivity index (χ2n) is 9.57. The van der Waals surface area contributed by atoms with Gasteiger partial charge in [0.25, 0.3) is 0 Å². The zero-order chi connectivity index (χ0) is 29.1. The average Bonchev–Trinajstić information content (AvgIpc) is 3.62. The maximum atomic E-state index is 13.9. The van der Waals surface area contributed by atoms with Gasteiger partial charge in [-0.3, -0.25) is 23.7 Å². The van der Waals surface area contributed by atoms with Crippen LogP contribution in [0, 0.1) is 12.8 Å².